The Balaban J connectivity index is 1.89. The van der Waals surface area contributed by atoms with E-state index >= 15 is 0 Å². The number of ether oxygens (including phenoxy) is 1. The monoisotopic (exact) mass is 380 g/mol. The van der Waals surface area contributed by atoms with E-state index in [1.165, 1.54) is 0 Å². The molecule has 148 valence electrons. The molecule has 2 aromatic rings. The van der Waals surface area contributed by atoms with Gasteiger partial charge in [-0.2, -0.15) is 0 Å². The maximum Gasteiger partial charge on any atom is 0.255 e. The molecule has 0 saturated heterocycles. The van der Waals surface area contributed by atoms with Crippen molar-refractivity contribution < 1.29 is 14.3 Å². The number of aryl methyl sites for hydroxylation is 1. The van der Waals surface area contributed by atoms with Crippen LogP contribution in [0.1, 0.15) is 43.6 Å². The highest BCUT2D eigenvalue weighted by Crippen LogP contribution is 2.38. The lowest BCUT2D eigenvalue weighted by Gasteiger charge is -2.29. The molecule has 0 fully saturated rings. The topological polar surface area (TPSA) is 58.6 Å². The van der Waals surface area contributed by atoms with Crippen LogP contribution in [-0.4, -0.2) is 25.0 Å². The minimum Gasteiger partial charge on any atom is -0.490 e. The molecule has 2 amide bonds. The van der Waals surface area contributed by atoms with Gasteiger partial charge in [0.2, 0.25) is 5.91 Å². The van der Waals surface area contributed by atoms with Gasteiger partial charge in [-0.25, -0.2) is 0 Å². The van der Waals surface area contributed by atoms with Crippen LogP contribution in [0.25, 0.3) is 0 Å². The van der Waals surface area contributed by atoms with Crippen LogP contribution in [0.4, 0.5) is 11.4 Å². The second-order valence-corrected chi connectivity index (χ2v) is 8.48. The molecule has 0 aromatic heterocycles. The van der Waals surface area contributed by atoms with E-state index in [-0.39, 0.29) is 11.8 Å². The number of carbonyl (C=O) groups excluding carboxylic acids is 2. The van der Waals surface area contributed by atoms with Crippen LogP contribution in [-0.2, 0) is 4.79 Å². The minimum atomic E-state index is -0.612. The van der Waals surface area contributed by atoms with Gasteiger partial charge in [-0.15, -0.1) is 0 Å². The number of fused-ring (bicyclic) bond motifs is 1. The zero-order valence-corrected chi connectivity index (χ0v) is 17.2. The molecule has 0 spiro atoms. The van der Waals surface area contributed by atoms with Gasteiger partial charge in [-0.3, -0.25) is 9.59 Å². The van der Waals surface area contributed by atoms with Crippen LogP contribution in [0.3, 0.4) is 0 Å². The van der Waals surface area contributed by atoms with Crippen molar-refractivity contribution >= 4 is 23.2 Å². The van der Waals surface area contributed by atoms with E-state index in [9.17, 15) is 9.59 Å². The predicted molar refractivity (Wildman–Crippen MR) is 112 cm³/mol. The van der Waals surface area contributed by atoms with Crippen molar-refractivity contribution in [3.05, 3.63) is 53.6 Å². The molecule has 0 atom stereocenters. The maximum absolute atomic E-state index is 13.0. The van der Waals surface area contributed by atoms with E-state index in [0.29, 0.717) is 36.1 Å². The number of anilines is 2. The summed E-state index contributed by atoms with van der Waals surface area (Å²) in [6, 6.07) is 12.9. The highest BCUT2D eigenvalue weighted by molar-refractivity contribution is 6.05. The number of nitrogens with one attached hydrogen (secondary N) is 1. The number of nitrogens with zero attached hydrogens (tertiary/aromatic N) is 1. The first kappa shape index (κ1) is 19.9. The Labute approximate surface area is 166 Å². The SMILES string of the molecule is Cc1ccc(C(=O)Nc2ccc3c(c2)OCC(C)(C)C(=O)N3CC(C)C)cc1. The third kappa shape index (κ3) is 4.19. The molecule has 28 heavy (non-hydrogen) atoms. The Hall–Kier alpha value is -2.82. The molecule has 1 aliphatic heterocycles. The van der Waals surface area contributed by atoms with Crippen molar-refractivity contribution in [2.75, 3.05) is 23.4 Å². The smallest absolute Gasteiger partial charge is 0.255 e. The normalized spacial score (nSPS) is 15.6. The Kier molecular flexibility index (Phi) is 5.45. The lowest BCUT2D eigenvalue weighted by Crippen LogP contribution is -2.43. The average molecular weight is 380 g/mol. The molecule has 0 radical (unpaired) electrons. The zero-order valence-electron chi connectivity index (χ0n) is 17.2. The quantitative estimate of drug-likeness (QED) is 0.840. The van der Waals surface area contributed by atoms with Gasteiger partial charge >= 0.3 is 0 Å². The molecule has 5 heteroatoms. The molecular weight excluding hydrogens is 352 g/mol. The predicted octanol–water partition coefficient (Wildman–Crippen LogP) is 4.65. The summed E-state index contributed by atoms with van der Waals surface area (Å²) in [7, 11) is 0. The number of carbonyl (C=O) groups is 2. The van der Waals surface area contributed by atoms with Gasteiger partial charge in [0.05, 0.1) is 11.1 Å². The molecule has 0 saturated carbocycles. The van der Waals surface area contributed by atoms with Gasteiger partial charge in [0, 0.05) is 23.9 Å². The fourth-order valence-electron chi connectivity index (χ4n) is 3.18. The van der Waals surface area contributed by atoms with Crippen LogP contribution in [0, 0.1) is 18.3 Å². The number of rotatable bonds is 4. The average Bonchev–Trinajstić information content (AvgIpc) is 2.72. The molecule has 1 heterocycles. The van der Waals surface area contributed by atoms with Gasteiger partial charge in [-0.1, -0.05) is 31.5 Å². The second kappa shape index (κ2) is 7.66. The van der Waals surface area contributed by atoms with Crippen molar-refractivity contribution in [3.63, 3.8) is 0 Å². The Morgan fingerprint density at radius 2 is 1.86 bits per heavy atom. The summed E-state index contributed by atoms with van der Waals surface area (Å²) in [5.41, 5.74) is 2.48. The lowest BCUT2D eigenvalue weighted by molar-refractivity contribution is -0.127. The summed E-state index contributed by atoms with van der Waals surface area (Å²) < 4.78 is 5.98. The van der Waals surface area contributed by atoms with Gasteiger partial charge in [0.25, 0.3) is 5.91 Å². The zero-order chi connectivity index (χ0) is 20.5. The van der Waals surface area contributed by atoms with Crippen LogP contribution < -0.4 is 15.0 Å². The van der Waals surface area contributed by atoms with Crippen molar-refractivity contribution in [2.24, 2.45) is 11.3 Å². The maximum atomic E-state index is 13.0. The van der Waals surface area contributed by atoms with Crippen molar-refractivity contribution in [2.45, 2.75) is 34.6 Å². The number of amides is 2. The van der Waals surface area contributed by atoms with E-state index < -0.39 is 5.41 Å². The standard InChI is InChI=1S/C23H28N2O3/c1-15(2)13-25-19-11-10-18(12-20(19)28-14-23(4,5)22(25)27)24-21(26)17-8-6-16(3)7-9-17/h6-12,15H,13-14H2,1-5H3,(H,24,26). The number of hydrogen-bond donors (Lipinski definition) is 1. The summed E-state index contributed by atoms with van der Waals surface area (Å²) in [4.78, 5) is 27.3. The lowest BCUT2D eigenvalue weighted by atomic mass is 9.92. The third-order valence-electron chi connectivity index (χ3n) is 4.78. The molecule has 1 N–H and O–H groups in total. The third-order valence-corrected chi connectivity index (χ3v) is 4.78. The molecule has 1 aliphatic rings. The first-order chi connectivity index (χ1) is 13.2. The molecule has 0 aliphatic carbocycles. The fourth-order valence-corrected chi connectivity index (χ4v) is 3.18. The van der Waals surface area contributed by atoms with E-state index in [4.69, 9.17) is 4.74 Å². The number of hydrogen-bond acceptors (Lipinski definition) is 3. The summed E-state index contributed by atoms with van der Waals surface area (Å²) in [6.45, 7) is 10.9. The fraction of sp³-hybridized carbons (Fsp3) is 0.391. The second-order valence-electron chi connectivity index (χ2n) is 8.48. The molecule has 2 aromatic carbocycles. The van der Waals surface area contributed by atoms with Gasteiger partial charge < -0.3 is 15.0 Å². The Morgan fingerprint density at radius 3 is 2.50 bits per heavy atom. The Morgan fingerprint density at radius 1 is 1.18 bits per heavy atom. The summed E-state index contributed by atoms with van der Waals surface area (Å²) in [5, 5.41) is 2.91. The minimum absolute atomic E-state index is 0.0522. The molecule has 0 unspecified atom stereocenters. The molecule has 5 nitrogen and oxygen atoms in total. The summed E-state index contributed by atoms with van der Waals surface area (Å²) in [6.07, 6.45) is 0. The van der Waals surface area contributed by atoms with Gasteiger partial charge in [-0.05, 0) is 51.0 Å². The van der Waals surface area contributed by atoms with Crippen LogP contribution in [0.5, 0.6) is 5.75 Å². The summed E-state index contributed by atoms with van der Waals surface area (Å²) in [5.74, 6) is 0.813. The number of benzene rings is 2. The molecule has 0 bridgehead atoms. The highest BCUT2D eigenvalue weighted by atomic mass is 16.5. The van der Waals surface area contributed by atoms with E-state index in [1.807, 2.05) is 45.0 Å². The van der Waals surface area contributed by atoms with Gasteiger partial charge in [0.15, 0.2) is 0 Å². The summed E-state index contributed by atoms with van der Waals surface area (Å²) >= 11 is 0. The van der Waals surface area contributed by atoms with Gasteiger partial charge in [0.1, 0.15) is 12.4 Å². The highest BCUT2D eigenvalue weighted by Gasteiger charge is 2.38. The van der Waals surface area contributed by atoms with Crippen molar-refractivity contribution in [3.8, 4) is 5.75 Å². The largest absolute Gasteiger partial charge is 0.490 e. The van der Waals surface area contributed by atoms with E-state index in [1.54, 1.807) is 23.1 Å². The van der Waals surface area contributed by atoms with Crippen molar-refractivity contribution in [1.29, 1.82) is 0 Å². The van der Waals surface area contributed by atoms with E-state index in [2.05, 4.69) is 19.2 Å². The van der Waals surface area contributed by atoms with Crippen LogP contribution in [0.15, 0.2) is 42.5 Å². The molecule has 3 rings (SSSR count). The van der Waals surface area contributed by atoms with Crippen LogP contribution in [0.2, 0.25) is 0 Å². The molecular formula is C23H28N2O3. The van der Waals surface area contributed by atoms with Crippen LogP contribution >= 0.6 is 0 Å². The van der Waals surface area contributed by atoms with Crippen molar-refractivity contribution in [1.82, 2.24) is 0 Å². The first-order valence-electron chi connectivity index (χ1n) is 9.64. The van der Waals surface area contributed by atoms with E-state index in [0.717, 1.165) is 11.3 Å². The Bertz CT molecular complexity index is 885. The first-order valence-corrected chi connectivity index (χ1v) is 9.64.